The molecule has 1 heterocycles. The van der Waals surface area contributed by atoms with Gasteiger partial charge >= 0.3 is 0 Å². The first kappa shape index (κ1) is 14.0. The molecule has 0 bridgehead atoms. The minimum absolute atomic E-state index is 0.425. The van der Waals surface area contributed by atoms with Gasteiger partial charge < -0.3 is 14.5 Å². The zero-order chi connectivity index (χ0) is 13.7. The van der Waals surface area contributed by atoms with Crippen molar-refractivity contribution in [2.45, 2.75) is 27.0 Å². The largest absolute Gasteiger partial charge is 0.486 e. The smallest absolute Gasteiger partial charge is 0.146 e. The minimum Gasteiger partial charge on any atom is -0.486 e. The number of aryl methyl sites for hydroxylation is 1. The van der Waals surface area contributed by atoms with Gasteiger partial charge in [-0.1, -0.05) is 18.5 Å². The van der Waals surface area contributed by atoms with E-state index in [4.69, 9.17) is 20.8 Å². The summed E-state index contributed by atoms with van der Waals surface area (Å²) in [6.45, 7) is 6.19. The molecule has 0 aliphatic rings. The Bertz CT molecular complexity index is 537. The van der Waals surface area contributed by atoms with Gasteiger partial charge in [-0.25, -0.2) is 0 Å². The molecule has 0 saturated carbocycles. The normalized spacial score (nSPS) is 10.7. The van der Waals surface area contributed by atoms with Gasteiger partial charge in [0.2, 0.25) is 0 Å². The SMILES string of the molecule is CCNCc1ccoc1COc1ccc(Cl)c(C)c1. The fourth-order valence-electron chi connectivity index (χ4n) is 1.77. The molecule has 4 heteroatoms. The highest BCUT2D eigenvalue weighted by Crippen LogP contribution is 2.22. The Morgan fingerprint density at radius 2 is 2.16 bits per heavy atom. The van der Waals surface area contributed by atoms with Crippen LogP contribution >= 0.6 is 11.6 Å². The van der Waals surface area contributed by atoms with Gasteiger partial charge in [0.1, 0.15) is 18.1 Å². The highest BCUT2D eigenvalue weighted by molar-refractivity contribution is 6.31. The van der Waals surface area contributed by atoms with Crippen molar-refractivity contribution < 1.29 is 9.15 Å². The van der Waals surface area contributed by atoms with Crippen molar-refractivity contribution in [3.05, 3.63) is 52.4 Å². The molecule has 1 N–H and O–H groups in total. The first-order valence-corrected chi connectivity index (χ1v) is 6.73. The molecule has 19 heavy (non-hydrogen) atoms. The molecule has 0 saturated heterocycles. The Hall–Kier alpha value is -1.45. The van der Waals surface area contributed by atoms with Crippen LogP contribution in [0.15, 0.2) is 34.9 Å². The summed E-state index contributed by atoms with van der Waals surface area (Å²) in [5, 5.41) is 4.02. The van der Waals surface area contributed by atoms with E-state index in [9.17, 15) is 0 Å². The van der Waals surface area contributed by atoms with E-state index < -0.39 is 0 Å². The molecule has 1 aromatic carbocycles. The maximum Gasteiger partial charge on any atom is 0.146 e. The Morgan fingerprint density at radius 3 is 2.89 bits per heavy atom. The Morgan fingerprint density at radius 1 is 1.32 bits per heavy atom. The van der Waals surface area contributed by atoms with Crippen molar-refractivity contribution in [3.63, 3.8) is 0 Å². The molecule has 0 radical (unpaired) electrons. The molecule has 2 aromatic rings. The van der Waals surface area contributed by atoms with E-state index in [2.05, 4.69) is 12.2 Å². The molecule has 0 aliphatic carbocycles. The summed E-state index contributed by atoms with van der Waals surface area (Å²) in [7, 11) is 0. The van der Waals surface area contributed by atoms with Crippen LogP contribution in [0.4, 0.5) is 0 Å². The lowest BCUT2D eigenvalue weighted by Crippen LogP contribution is -2.12. The first-order valence-electron chi connectivity index (χ1n) is 6.35. The Labute approximate surface area is 118 Å². The fourth-order valence-corrected chi connectivity index (χ4v) is 1.88. The van der Waals surface area contributed by atoms with Crippen LogP contribution in [0.1, 0.15) is 23.8 Å². The van der Waals surface area contributed by atoms with Gasteiger partial charge in [-0.15, -0.1) is 0 Å². The maximum absolute atomic E-state index is 5.98. The van der Waals surface area contributed by atoms with Crippen molar-refractivity contribution in [3.8, 4) is 5.75 Å². The average molecular weight is 280 g/mol. The third-order valence-electron chi connectivity index (χ3n) is 2.90. The summed E-state index contributed by atoms with van der Waals surface area (Å²) in [4.78, 5) is 0. The molecule has 0 spiro atoms. The van der Waals surface area contributed by atoms with Crippen LogP contribution in [0.3, 0.4) is 0 Å². The highest BCUT2D eigenvalue weighted by Gasteiger charge is 2.07. The predicted molar refractivity (Wildman–Crippen MR) is 76.6 cm³/mol. The Balaban J connectivity index is 1.98. The second kappa shape index (κ2) is 6.64. The van der Waals surface area contributed by atoms with Crippen LogP contribution in [0.25, 0.3) is 0 Å². The Kier molecular flexibility index (Phi) is 4.88. The van der Waals surface area contributed by atoms with E-state index in [1.165, 1.54) is 0 Å². The van der Waals surface area contributed by atoms with Crippen LogP contribution in [0, 0.1) is 6.92 Å². The molecule has 0 amide bonds. The van der Waals surface area contributed by atoms with Gasteiger partial charge in [-0.3, -0.25) is 0 Å². The monoisotopic (exact) mass is 279 g/mol. The molecule has 102 valence electrons. The zero-order valence-corrected chi connectivity index (χ0v) is 12.0. The maximum atomic E-state index is 5.98. The lowest BCUT2D eigenvalue weighted by molar-refractivity contribution is 0.268. The van der Waals surface area contributed by atoms with Crippen LogP contribution < -0.4 is 10.1 Å². The number of hydrogen-bond acceptors (Lipinski definition) is 3. The molecule has 0 atom stereocenters. The fraction of sp³-hybridized carbons (Fsp3) is 0.333. The highest BCUT2D eigenvalue weighted by atomic mass is 35.5. The number of hydrogen-bond donors (Lipinski definition) is 1. The van der Waals surface area contributed by atoms with E-state index >= 15 is 0 Å². The average Bonchev–Trinajstić information content (AvgIpc) is 2.85. The van der Waals surface area contributed by atoms with Crippen LogP contribution in [0.2, 0.25) is 5.02 Å². The summed E-state index contributed by atoms with van der Waals surface area (Å²) in [5.74, 6) is 1.65. The van der Waals surface area contributed by atoms with E-state index in [-0.39, 0.29) is 0 Å². The zero-order valence-electron chi connectivity index (χ0n) is 11.2. The topological polar surface area (TPSA) is 34.4 Å². The van der Waals surface area contributed by atoms with Gasteiger partial charge in [0, 0.05) is 17.1 Å². The molecular weight excluding hydrogens is 262 g/mol. The number of benzene rings is 1. The second-order valence-corrected chi connectivity index (χ2v) is 4.76. The number of halogens is 1. The molecule has 3 nitrogen and oxygen atoms in total. The predicted octanol–water partition coefficient (Wildman–Crippen LogP) is 3.93. The second-order valence-electron chi connectivity index (χ2n) is 4.35. The summed E-state index contributed by atoms with van der Waals surface area (Å²) in [6.07, 6.45) is 1.69. The standard InChI is InChI=1S/C15H18ClNO2/c1-3-17-9-12-6-7-18-15(12)10-19-13-4-5-14(16)11(2)8-13/h4-8,17H,3,9-10H2,1-2H3. The lowest BCUT2D eigenvalue weighted by Gasteiger charge is -2.08. The number of rotatable bonds is 6. The minimum atomic E-state index is 0.425. The summed E-state index contributed by atoms with van der Waals surface area (Å²) in [5.41, 5.74) is 2.14. The number of ether oxygens (including phenoxy) is 1. The first-order chi connectivity index (χ1) is 9.20. The van der Waals surface area contributed by atoms with Gasteiger partial charge in [0.15, 0.2) is 0 Å². The van der Waals surface area contributed by atoms with E-state index in [1.807, 2.05) is 31.2 Å². The number of nitrogens with one attached hydrogen (secondary N) is 1. The van der Waals surface area contributed by atoms with Gasteiger partial charge in [0.25, 0.3) is 0 Å². The van der Waals surface area contributed by atoms with Crippen molar-refractivity contribution in [2.24, 2.45) is 0 Å². The van der Waals surface area contributed by atoms with Crippen molar-refractivity contribution in [2.75, 3.05) is 6.54 Å². The third-order valence-corrected chi connectivity index (χ3v) is 3.33. The van der Waals surface area contributed by atoms with E-state index in [1.54, 1.807) is 6.26 Å². The van der Waals surface area contributed by atoms with Gasteiger partial charge in [-0.2, -0.15) is 0 Å². The van der Waals surface area contributed by atoms with E-state index in [0.29, 0.717) is 6.61 Å². The summed E-state index contributed by atoms with van der Waals surface area (Å²) < 4.78 is 11.2. The molecule has 0 fully saturated rings. The lowest BCUT2D eigenvalue weighted by atomic mass is 10.2. The summed E-state index contributed by atoms with van der Waals surface area (Å²) in [6, 6.07) is 7.60. The van der Waals surface area contributed by atoms with Crippen LogP contribution in [-0.2, 0) is 13.2 Å². The van der Waals surface area contributed by atoms with E-state index in [0.717, 1.165) is 40.7 Å². The molecule has 1 aromatic heterocycles. The quantitative estimate of drug-likeness (QED) is 0.870. The third kappa shape index (κ3) is 3.75. The number of furan rings is 1. The van der Waals surface area contributed by atoms with Gasteiger partial charge in [0.05, 0.1) is 6.26 Å². The summed E-state index contributed by atoms with van der Waals surface area (Å²) >= 11 is 5.98. The van der Waals surface area contributed by atoms with Crippen molar-refractivity contribution >= 4 is 11.6 Å². The molecular formula is C15H18ClNO2. The van der Waals surface area contributed by atoms with Crippen molar-refractivity contribution in [1.29, 1.82) is 0 Å². The molecule has 2 rings (SSSR count). The molecule has 0 aliphatic heterocycles. The van der Waals surface area contributed by atoms with Crippen LogP contribution in [-0.4, -0.2) is 6.54 Å². The van der Waals surface area contributed by atoms with Crippen LogP contribution in [0.5, 0.6) is 5.75 Å². The van der Waals surface area contributed by atoms with Crippen molar-refractivity contribution in [1.82, 2.24) is 5.32 Å². The molecule has 0 unspecified atom stereocenters. The van der Waals surface area contributed by atoms with Gasteiger partial charge in [-0.05, 0) is 43.3 Å².